The fourth-order valence-corrected chi connectivity index (χ4v) is 3.70. The van der Waals surface area contributed by atoms with Crippen molar-refractivity contribution < 1.29 is 14.4 Å². The van der Waals surface area contributed by atoms with E-state index in [1.54, 1.807) is 9.58 Å². The third-order valence-electron chi connectivity index (χ3n) is 5.01. The van der Waals surface area contributed by atoms with Crippen molar-refractivity contribution in [1.82, 2.24) is 20.0 Å². The number of carbonyl (C=O) groups is 3. The summed E-state index contributed by atoms with van der Waals surface area (Å²) in [5.41, 5.74) is 0.838. The van der Waals surface area contributed by atoms with E-state index in [0.717, 1.165) is 25.1 Å². The highest BCUT2D eigenvalue weighted by atomic mass is 16.2. The van der Waals surface area contributed by atoms with Crippen LogP contribution in [0.3, 0.4) is 0 Å². The van der Waals surface area contributed by atoms with Crippen LogP contribution in [0, 0.1) is 6.92 Å². The molecule has 2 aliphatic heterocycles. The van der Waals surface area contributed by atoms with E-state index in [1.165, 1.54) is 0 Å². The Morgan fingerprint density at radius 2 is 2.08 bits per heavy atom. The predicted octanol–water partition coefficient (Wildman–Crippen LogP) is 0.836. The molecular weight excluding hydrogens is 334 g/mol. The molecule has 1 fully saturated rings. The molecule has 1 aromatic rings. The van der Waals surface area contributed by atoms with Gasteiger partial charge >= 0.3 is 0 Å². The largest absolute Gasteiger partial charge is 0.354 e. The average Bonchev–Trinajstić information content (AvgIpc) is 3.19. The first-order chi connectivity index (χ1) is 12.5. The van der Waals surface area contributed by atoms with E-state index in [-0.39, 0.29) is 17.7 Å². The lowest BCUT2D eigenvalue weighted by Crippen LogP contribution is -2.52. The lowest BCUT2D eigenvalue weighted by Gasteiger charge is -2.33. The molecule has 8 nitrogen and oxygen atoms in total. The first-order valence-corrected chi connectivity index (χ1v) is 9.43. The summed E-state index contributed by atoms with van der Waals surface area (Å²) >= 11 is 0. The molecule has 1 N–H and O–H groups in total. The highest BCUT2D eigenvalue weighted by Gasteiger charge is 2.34. The summed E-state index contributed by atoms with van der Waals surface area (Å²) in [5, 5.41) is 7.32. The monoisotopic (exact) mass is 361 g/mol. The van der Waals surface area contributed by atoms with Crippen molar-refractivity contribution in [2.24, 2.45) is 0 Å². The molecule has 0 aromatic carbocycles. The third kappa shape index (κ3) is 3.73. The van der Waals surface area contributed by atoms with Gasteiger partial charge < -0.3 is 10.2 Å². The molecule has 3 heterocycles. The smallest absolute Gasteiger partial charge is 0.243 e. The summed E-state index contributed by atoms with van der Waals surface area (Å²) in [6.45, 7) is 6.33. The van der Waals surface area contributed by atoms with Crippen LogP contribution in [0.4, 0.5) is 5.82 Å². The molecule has 2 aliphatic rings. The van der Waals surface area contributed by atoms with Gasteiger partial charge in [-0.2, -0.15) is 5.10 Å². The van der Waals surface area contributed by atoms with Crippen molar-refractivity contribution in [2.75, 3.05) is 24.5 Å². The number of likely N-dealkylation sites (tertiary alicyclic amines) is 1. The number of rotatable bonds is 7. The summed E-state index contributed by atoms with van der Waals surface area (Å²) in [6, 6.07) is 1.32. The SMILES string of the molecule is CC[C@H](C(=O)NCCCN1CCCC1=O)N1C(=O)CCn2nc(C)cc21. The van der Waals surface area contributed by atoms with Crippen LogP contribution in [0.25, 0.3) is 0 Å². The molecule has 0 aliphatic carbocycles. The van der Waals surface area contributed by atoms with E-state index in [2.05, 4.69) is 10.4 Å². The zero-order chi connectivity index (χ0) is 18.7. The first kappa shape index (κ1) is 18.4. The molecule has 0 spiro atoms. The van der Waals surface area contributed by atoms with Gasteiger partial charge in [0.05, 0.1) is 12.2 Å². The Morgan fingerprint density at radius 3 is 2.77 bits per heavy atom. The van der Waals surface area contributed by atoms with Crippen LogP contribution in [0.1, 0.15) is 44.7 Å². The van der Waals surface area contributed by atoms with Gasteiger partial charge in [-0.15, -0.1) is 0 Å². The number of carbonyl (C=O) groups excluding carboxylic acids is 3. The van der Waals surface area contributed by atoms with Gasteiger partial charge in [0.25, 0.3) is 0 Å². The normalized spacial score (nSPS) is 18.2. The molecule has 26 heavy (non-hydrogen) atoms. The highest BCUT2D eigenvalue weighted by Crippen LogP contribution is 2.26. The lowest BCUT2D eigenvalue weighted by molar-refractivity contribution is -0.128. The lowest BCUT2D eigenvalue weighted by atomic mass is 10.1. The second-order valence-electron chi connectivity index (χ2n) is 6.93. The maximum atomic E-state index is 12.7. The molecule has 1 atom stereocenters. The van der Waals surface area contributed by atoms with Gasteiger partial charge in [-0.05, 0) is 26.2 Å². The number of hydrogen-bond acceptors (Lipinski definition) is 4. The van der Waals surface area contributed by atoms with Gasteiger partial charge in [-0.25, -0.2) is 4.68 Å². The number of anilines is 1. The van der Waals surface area contributed by atoms with Crippen molar-refractivity contribution in [1.29, 1.82) is 0 Å². The number of hydrogen-bond donors (Lipinski definition) is 1. The summed E-state index contributed by atoms with van der Waals surface area (Å²) in [6.07, 6.45) is 3.17. The van der Waals surface area contributed by atoms with Crippen LogP contribution < -0.4 is 10.2 Å². The molecule has 0 radical (unpaired) electrons. The van der Waals surface area contributed by atoms with E-state index < -0.39 is 6.04 Å². The number of nitrogens with one attached hydrogen (secondary N) is 1. The number of amides is 3. The Balaban J connectivity index is 1.58. The van der Waals surface area contributed by atoms with Crippen molar-refractivity contribution in [3.05, 3.63) is 11.8 Å². The summed E-state index contributed by atoms with van der Waals surface area (Å²) in [7, 11) is 0. The Labute approximate surface area is 153 Å². The van der Waals surface area contributed by atoms with Gasteiger partial charge in [-0.3, -0.25) is 19.3 Å². The summed E-state index contributed by atoms with van der Waals surface area (Å²) in [5.74, 6) is 0.705. The predicted molar refractivity (Wildman–Crippen MR) is 96.6 cm³/mol. The van der Waals surface area contributed by atoms with Crippen molar-refractivity contribution in [2.45, 2.75) is 58.5 Å². The van der Waals surface area contributed by atoms with E-state index in [4.69, 9.17) is 0 Å². The fourth-order valence-electron chi connectivity index (χ4n) is 3.70. The van der Waals surface area contributed by atoms with E-state index in [0.29, 0.717) is 44.7 Å². The van der Waals surface area contributed by atoms with Gasteiger partial charge in [0, 0.05) is 38.5 Å². The molecule has 3 rings (SSSR count). The standard InChI is InChI=1S/C18H27N5O3/c1-3-14(18(26)19-8-5-10-21-9-4-6-16(21)24)23-15-12-13(2)20-22(15)11-7-17(23)25/h12,14H,3-11H2,1-2H3,(H,19,26)/t14-/m1/s1. The maximum Gasteiger partial charge on any atom is 0.243 e. The Kier molecular flexibility index (Phi) is 5.58. The molecule has 8 heteroatoms. The minimum atomic E-state index is -0.536. The topological polar surface area (TPSA) is 87.5 Å². The van der Waals surface area contributed by atoms with Gasteiger partial charge in [0.2, 0.25) is 17.7 Å². The molecule has 1 aromatic heterocycles. The fraction of sp³-hybridized carbons (Fsp3) is 0.667. The van der Waals surface area contributed by atoms with Crippen LogP contribution in [0.15, 0.2) is 6.07 Å². The third-order valence-corrected chi connectivity index (χ3v) is 5.01. The van der Waals surface area contributed by atoms with Gasteiger partial charge in [0.15, 0.2) is 0 Å². The maximum absolute atomic E-state index is 12.7. The number of nitrogens with zero attached hydrogens (tertiary/aromatic N) is 4. The highest BCUT2D eigenvalue weighted by molar-refractivity contribution is 6.00. The molecule has 0 unspecified atom stereocenters. The Hall–Kier alpha value is -2.38. The van der Waals surface area contributed by atoms with Crippen molar-refractivity contribution >= 4 is 23.5 Å². The second-order valence-corrected chi connectivity index (χ2v) is 6.93. The van der Waals surface area contributed by atoms with Crippen molar-refractivity contribution in [3.63, 3.8) is 0 Å². The van der Waals surface area contributed by atoms with Crippen LogP contribution >= 0.6 is 0 Å². The summed E-state index contributed by atoms with van der Waals surface area (Å²) in [4.78, 5) is 40.2. The number of fused-ring (bicyclic) bond motifs is 1. The van der Waals surface area contributed by atoms with E-state index in [9.17, 15) is 14.4 Å². The van der Waals surface area contributed by atoms with Crippen LogP contribution in [-0.2, 0) is 20.9 Å². The Bertz CT molecular complexity index is 699. The average molecular weight is 361 g/mol. The molecule has 1 saturated heterocycles. The molecular formula is C18H27N5O3. The number of aromatic nitrogens is 2. The van der Waals surface area contributed by atoms with Crippen LogP contribution in [0.2, 0.25) is 0 Å². The van der Waals surface area contributed by atoms with Crippen LogP contribution in [-0.4, -0.2) is 58.1 Å². The van der Waals surface area contributed by atoms with Gasteiger partial charge in [0.1, 0.15) is 11.9 Å². The molecule has 0 saturated carbocycles. The zero-order valence-corrected chi connectivity index (χ0v) is 15.5. The van der Waals surface area contributed by atoms with Crippen molar-refractivity contribution in [3.8, 4) is 0 Å². The van der Waals surface area contributed by atoms with E-state index >= 15 is 0 Å². The molecule has 0 bridgehead atoms. The quantitative estimate of drug-likeness (QED) is 0.729. The minimum Gasteiger partial charge on any atom is -0.354 e. The molecule has 142 valence electrons. The van der Waals surface area contributed by atoms with Gasteiger partial charge in [-0.1, -0.05) is 6.92 Å². The Morgan fingerprint density at radius 1 is 1.27 bits per heavy atom. The first-order valence-electron chi connectivity index (χ1n) is 9.43. The summed E-state index contributed by atoms with van der Waals surface area (Å²) < 4.78 is 1.80. The van der Waals surface area contributed by atoms with Crippen LogP contribution in [0.5, 0.6) is 0 Å². The van der Waals surface area contributed by atoms with E-state index in [1.807, 2.05) is 24.8 Å². The minimum absolute atomic E-state index is 0.0398. The second kappa shape index (κ2) is 7.88. The number of aryl methyl sites for hydroxylation is 2. The zero-order valence-electron chi connectivity index (χ0n) is 15.5. The molecule has 3 amide bonds.